The summed E-state index contributed by atoms with van der Waals surface area (Å²) in [6.07, 6.45) is 0. The van der Waals surface area contributed by atoms with Crippen molar-refractivity contribution in [1.29, 1.82) is 0 Å². The van der Waals surface area contributed by atoms with E-state index in [9.17, 15) is 14.4 Å². The Balaban J connectivity index is 2.79. The van der Waals surface area contributed by atoms with Crippen LogP contribution >= 0.6 is 11.6 Å². The van der Waals surface area contributed by atoms with Crippen LogP contribution in [0.15, 0.2) is 18.2 Å². The molecule has 0 aliphatic carbocycles. The summed E-state index contributed by atoms with van der Waals surface area (Å²) in [5, 5.41) is 11.6. The lowest BCUT2D eigenvalue weighted by Gasteiger charge is -2.19. The molecule has 0 radical (unpaired) electrons. The minimum atomic E-state index is -1.15. The van der Waals surface area contributed by atoms with Gasteiger partial charge in [-0.05, 0) is 18.2 Å². The summed E-state index contributed by atoms with van der Waals surface area (Å²) in [5.41, 5.74) is 0.207. The van der Waals surface area contributed by atoms with Gasteiger partial charge in [-0.1, -0.05) is 11.6 Å². The molecule has 114 valence electrons. The summed E-state index contributed by atoms with van der Waals surface area (Å²) in [4.78, 5) is 36.9. The first-order valence-electron chi connectivity index (χ1n) is 5.97. The number of carboxylic acid groups (broad SMARTS) is 1. The normalized spacial score (nSPS) is 9.90. The van der Waals surface area contributed by atoms with Crippen molar-refractivity contribution in [3.8, 4) is 0 Å². The second kappa shape index (κ2) is 6.94. The molecule has 1 rings (SSSR count). The van der Waals surface area contributed by atoms with Crippen LogP contribution in [0.3, 0.4) is 0 Å². The van der Waals surface area contributed by atoms with Crippen molar-refractivity contribution < 1.29 is 19.5 Å². The zero-order valence-corrected chi connectivity index (χ0v) is 12.6. The van der Waals surface area contributed by atoms with Gasteiger partial charge >= 0.3 is 12.0 Å². The third-order valence-corrected chi connectivity index (χ3v) is 2.83. The smallest absolute Gasteiger partial charge is 0.335 e. The molecule has 1 aromatic rings. The van der Waals surface area contributed by atoms with E-state index in [1.807, 2.05) is 0 Å². The van der Waals surface area contributed by atoms with Gasteiger partial charge in [0.25, 0.3) is 0 Å². The van der Waals surface area contributed by atoms with Gasteiger partial charge in [-0.15, -0.1) is 0 Å². The number of amides is 3. The van der Waals surface area contributed by atoms with E-state index in [-0.39, 0.29) is 28.7 Å². The fourth-order valence-corrected chi connectivity index (χ4v) is 1.66. The van der Waals surface area contributed by atoms with E-state index in [1.165, 1.54) is 35.0 Å². The summed E-state index contributed by atoms with van der Waals surface area (Å²) in [5.74, 6) is -1.38. The van der Waals surface area contributed by atoms with Gasteiger partial charge < -0.3 is 20.2 Å². The van der Waals surface area contributed by atoms with Crippen molar-refractivity contribution in [1.82, 2.24) is 9.80 Å². The molecule has 0 atom stereocenters. The molecule has 2 N–H and O–H groups in total. The lowest BCUT2D eigenvalue weighted by atomic mass is 10.2. The number of carbonyl (C=O) groups is 3. The average molecular weight is 314 g/mol. The van der Waals surface area contributed by atoms with Crippen LogP contribution in [-0.2, 0) is 4.79 Å². The average Bonchev–Trinajstić information content (AvgIpc) is 2.37. The summed E-state index contributed by atoms with van der Waals surface area (Å²) in [6.45, 7) is -0.0921. The van der Waals surface area contributed by atoms with Crippen molar-refractivity contribution in [2.45, 2.75) is 0 Å². The molecule has 0 fully saturated rings. The fraction of sp³-hybridized carbons (Fsp3) is 0.308. The van der Waals surface area contributed by atoms with Crippen LogP contribution < -0.4 is 5.32 Å². The van der Waals surface area contributed by atoms with Crippen LogP contribution in [0, 0.1) is 0 Å². The van der Waals surface area contributed by atoms with Crippen LogP contribution in [0.2, 0.25) is 5.02 Å². The van der Waals surface area contributed by atoms with Crippen molar-refractivity contribution in [3.63, 3.8) is 0 Å². The van der Waals surface area contributed by atoms with Crippen LogP contribution in [0.1, 0.15) is 10.4 Å². The highest BCUT2D eigenvalue weighted by atomic mass is 35.5. The number of nitrogens with zero attached hydrogens (tertiary/aromatic N) is 2. The molecule has 0 bridgehead atoms. The molecule has 3 amide bonds. The van der Waals surface area contributed by atoms with Gasteiger partial charge in [0, 0.05) is 31.9 Å². The molecule has 7 nitrogen and oxygen atoms in total. The maximum absolute atomic E-state index is 11.9. The van der Waals surface area contributed by atoms with E-state index in [0.717, 1.165) is 0 Å². The Morgan fingerprint density at radius 2 is 1.81 bits per heavy atom. The molecule has 0 aliphatic heterocycles. The Kier molecular flexibility index (Phi) is 5.54. The number of rotatable bonds is 4. The quantitative estimate of drug-likeness (QED) is 0.883. The number of halogens is 1. The number of nitrogens with one attached hydrogen (secondary N) is 1. The number of anilines is 1. The molecule has 0 saturated heterocycles. The van der Waals surface area contributed by atoms with Gasteiger partial charge in [-0.3, -0.25) is 4.79 Å². The summed E-state index contributed by atoms with van der Waals surface area (Å²) < 4.78 is 0. The first-order valence-corrected chi connectivity index (χ1v) is 6.34. The molecular weight excluding hydrogens is 298 g/mol. The van der Waals surface area contributed by atoms with E-state index < -0.39 is 12.0 Å². The lowest BCUT2D eigenvalue weighted by Crippen LogP contribution is -2.39. The minimum absolute atomic E-state index is 0.0372. The van der Waals surface area contributed by atoms with E-state index in [2.05, 4.69) is 5.32 Å². The highest BCUT2D eigenvalue weighted by Gasteiger charge is 2.15. The number of carboxylic acids is 1. The van der Waals surface area contributed by atoms with Gasteiger partial charge in [0.1, 0.15) is 6.54 Å². The Bertz CT molecular complexity index is 575. The van der Waals surface area contributed by atoms with Crippen LogP contribution in [0.5, 0.6) is 0 Å². The predicted octanol–water partition coefficient (Wildman–Crippen LogP) is 1.59. The Morgan fingerprint density at radius 1 is 1.19 bits per heavy atom. The van der Waals surface area contributed by atoms with Crippen molar-refractivity contribution in [3.05, 3.63) is 28.8 Å². The molecule has 0 aliphatic rings. The summed E-state index contributed by atoms with van der Waals surface area (Å²) in [6, 6.07) is 3.45. The van der Waals surface area contributed by atoms with Crippen LogP contribution in [-0.4, -0.2) is 60.5 Å². The van der Waals surface area contributed by atoms with Gasteiger partial charge in [0.15, 0.2) is 0 Å². The van der Waals surface area contributed by atoms with Crippen molar-refractivity contribution in [2.75, 3.05) is 33.0 Å². The summed E-state index contributed by atoms with van der Waals surface area (Å²) >= 11 is 5.79. The molecule has 0 spiro atoms. The van der Waals surface area contributed by atoms with Gasteiger partial charge in [-0.2, -0.15) is 0 Å². The molecule has 0 aromatic heterocycles. The third-order valence-electron chi connectivity index (χ3n) is 2.61. The first kappa shape index (κ1) is 16.8. The standard InChI is InChI=1S/C13H16ClN3O4/c1-16(2)11(18)7-17(3)13(21)15-10-5-8(12(19)20)4-9(14)6-10/h4-6H,7H2,1-3H3,(H,15,21)(H,19,20). The number of hydrogen-bond acceptors (Lipinski definition) is 3. The number of aromatic carboxylic acids is 1. The number of urea groups is 1. The van der Waals surface area contributed by atoms with Crippen molar-refractivity contribution >= 4 is 35.2 Å². The molecule has 1 aromatic carbocycles. The highest BCUT2D eigenvalue weighted by Crippen LogP contribution is 2.19. The second-order valence-corrected chi connectivity index (χ2v) is 5.04. The minimum Gasteiger partial charge on any atom is -0.478 e. The zero-order valence-electron chi connectivity index (χ0n) is 11.9. The van der Waals surface area contributed by atoms with E-state index >= 15 is 0 Å². The largest absolute Gasteiger partial charge is 0.478 e. The van der Waals surface area contributed by atoms with Gasteiger partial charge in [0.2, 0.25) is 5.91 Å². The SMILES string of the molecule is CN(C)C(=O)CN(C)C(=O)Nc1cc(Cl)cc(C(=O)O)c1. The number of carbonyl (C=O) groups excluding carboxylic acids is 2. The highest BCUT2D eigenvalue weighted by molar-refractivity contribution is 6.31. The first-order chi connectivity index (χ1) is 9.70. The molecule has 0 saturated carbocycles. The number of likely N-dealkylation sites (N-methyl/N-ethyl adjacent to an activating group) is 2. The number of hydrogen-bond donors (Lipinski definition) is 2. The summed E-state index contributed by atoms with van der Waals surface area (Å²) in [7, 11) is 4.63. The molecule has 0 heterocycles. The lowest BCUT2D eigenvalue weighted by molar-refractivity contribution is -0.129. The Labute approximate surface area is 127 Å². The third kappa shape index (κ3) is 4.96. The zero-order chi connectivity index (χ0) is 16.2. The molecule has 21 heavy (non-hydrogen) atoms. The van der Waals surface area contributed by atoms with E-state index in [1.54, 1.807) is 14.1 Å². The monoisotopic (exact) mass is 313 g/mol. The molecule has 8 heteroatoms. The Morgan fingerprint density at radius 3 is 2.33 bits per heavy atom. The van der Waals surface area contributed by atoms with Crippen LogP contribution in [0.25, 0.3) is 0 Å². The van der Waals surface area contributed by atoms with Gasteiger partial charge in [0.05, 0.1) is 5.56 Å². The van der Waals surface area contributed by atoms with E-state index in [4.69, 9.17) is 16.7 Å². The molecular formula is C13H16ClN3O4. The fourth-order valence-electron chi connectivity index (χ4n) is 1.42. The number of benzene rings is 1. The van der Waals surface area contributed by atoms with Crippen molar-refractivity contribution in [2.24, 2.45) is 0 Å². The molecule has 0 unspecified atom stereocenters. The van der Waals surface area contributed by atoms with Gasteiger partial charge in [-0.25, -0.2) is 9.59 Å². The van der Waals surface area contributed by atoms with Crippen LogP contribution in [0.4, 0.5) is 10.5 Å². The topological polar surface area (TPSA) is 90.0 Å². The Hall–Kier alpha value is -2.28. The van der Waals surface area contributed by atoms with E-state index in [0.29, 0.717) is 0 Å². The second-order valence-electron chi connectivity index (χ2n) is 4.61. The predicted molar refractivity (Wildman–Crippen MR) is 78.8 cm³/mol. The maximum atomic E-state index is 11.9. The maximum Gasteiger partial charge on any atom is 0.335 e.